The van der Waals surface area contributed by atoms with Crippen LogP contribution in [0.3, 0.4) is 0 Å². The van der Waals surface area contributed by atoms with Crippen LogP contribution < -0.4 is 16.0 Å². The zero-order valence-corrected chi connectivity index (χ0v) is 17.3. The summed E-state index contributed by atoms with van der Waals surface area (Å²) in [5.74, 6) is 0.192. The molecule has 0 unspecified atom stereocenters. The molecular weight excluding hydrogens is 392 g/mol. The van der Waals surface area contributed by atoms with Gasteiger partial charge in [0.1, 0.15) is 17.3 Å². The van der Waals surface area contributed by atoms with Gasteiger partial charge in [-0.05, 0) is 45.2 Å². The summed E-state index contributed by atoms with van der Waals surface area (Å²) in [6.07, 6.45) is 1.82. The van der Waals surface area contributed by atoms with Gasteiger partial charge in [0.2, 0.25) is 11.8 Å². The van der Waals surface area contributed by atoms with Crippen molar-refractivity contribution in [2.24, 2.45) is 5.92 Å². The number of fused-ring (bicyclic) bond motifs is 1. The summed E-state index contributed by atoms with van der Waals surface area (Å²) in [7, 11) is 0. The molecule has 0 spiro atoms. The molecule has 30 heavy (non-hydrogen) atoms. The van der Waals surface area contributed by atoms with Crippen LogP contribution in [0.1, 0.15) is 58.6 Å². The van der Waals surface area contributed by atoms with Crippen molar-refractivity contribution in [1.82, 2.24) is 15.3 Å². The van der Waals surface area contributed by atoms with Crippen LogP contribution in [-0.4, -0.2) is 33.9 Å². The molecule has 162 valence electrons. The number of nitrogens with zero attached hydrogens (tertiary/aromatic N) is 2. The molecule has 1 saturated carbocycles. The Bertz CT molecular complexity index is 935. The average Bonchev–Trinajstić information content (AvgIpc) is 2.67. The maximum Gasteiger partial charge on any atom is 0.280 e. The first-order chi connectivity index (χ1) is 14.2. The fourth-order valence-corrected chi connectivity index (χ4v) is 3.81. The maximum atomic E-state index is 13.2. The third kappa shape index (κ3) is 5.40. The van der Waals surface area contributed by atoms with Gasteiger partial charge in [-0.25, -0.2) is 18.7 Å². The van der Waals surface area contributed by atoms with Crippen LogP contribution in [0.25, 0.3) is 10.8 Å². The van der Waals surface area contributed by atoms with E-state index in [1.807, 2.05) is 13.8 Å². The van der Waals surface area contributed by atoms with E-state index in [2.05, 4.69) is 25.9 Å². The molecule has 0 radical (unpaired) electrons. The Balaban J connectivity index is 1.81. The largest absolute Gasteiger partial charge is 0.367 e. The fourth-order valence-electron chi connectivity index (χ4n) is 3.81. The Morgan fingerprint density at radius 3 is 2.63 bits per heavy atom. The SMILES string of the molecule is CC(=O)N[C@@H]1CCC[C@H](C(=O)Nc2cc3c(NC(C)C)nc(C(F)F)cc3cn2)C1. The molecule has 2 aromatic heterocycles. The fraction of sp³-hybridized carbons (Fsp3) is 0.524. The van der Waals surface area contributed by atoms with Crippen LogP contribution in [-0.2, 0) is 9.59 Å². The number of aromatic nitrogens is 2. The molecule has 0 aromatic carbocycles. The van der Waals surface area contributed by atoms with E-state index in [4.69, 9.17) is 0 Å². The van der Waals surface area contributed by atoms with Crippen LogP contribution in [0.5, 0.6) is 0 Å². The highest BCUT2D eigenvalue weighted by Crippen LogP contribution is 2.30. The number of nitrogens with one attached hydrogen (secondary N) is 3. The summed E-state index contributed by atoms with van der Waals surface area (Å²) in [5.41, 5.74) is -0.324. The van der Waals surface area contributed by atoms with Gasteiger partial charge >= 0.3 is 0 Å². The summed E-state index contributed by atoms with van der Waals surface area (Å²) >= 11 is 0. The zero-order chi connectivity index (χ0) is 21.8. The lowest BCUT2D eigenvalue weighted by Gasteiger charge is -2.28. The third-order valence-electron chi connectivity index (χ3n) is 5.09. The molecule has 3 rings (SSSR count). The van der Waals surface area contributed by atoms with Crippen molar-refractivity contribution in [1.29, 1.82) is 0 Å². The Kier molecular flexibility index (Phi) is 6.79. The number of carbonyl (C=O) groups is 2. The van der Waals surface area contributed by atoms with Gasteiger partial charge in [-0.2, -0.15) is 0 Å². The van der Waals surface area contributed by atoms with E-state index in [1.54, 1.807) is 6.07 Å². The minimum Gasteiger partial charge on any atom is -0.367 e. The molecule has 2 aromatic rings. The molecule has 0 saturated heterocycles. The molecule has 0 bridgehead atoms. The van der Waals surface area contributed by atoms with Crippen molar-refractivity contribution < 1.29 is 18.4 Å². The van der Waals surface area contributed by atoms with E-state index >= 15 is 0 Å². The molecular formula is C21H27F2N5O2. The minimum absolute atomic E-state index is 0.00428. The molecule has 1 fully saturated rings. The second kappa shape index (κ2) is 9.32. The van der Waals surface area contributed by atoms with Gasteiger partial charge in [0.05, 0.1) is 0 Å². The molecule has 2 atom stereocenters. The molecule has 9 heteroatoms. The van der Waals surface area contributed by atoms with Gasteiger partial charge in [0, 0.05) is 41.9 Å². The van der Waals surface area contributed by atoms with E-state index in [1.165, 1.54) is 19.2 Å². The van der Waals surface area contributed by atoms with Gasteiger partial charge in [0.15, 0.2) is 0 Å². The zero-order valence-electron chi connectivity index (χ0n) is 17.3. The number of alkyl halides is 2. The summed E-state index contributed by atoms with van der Waals surface area (Å²) in [6, 6.07) is 2.94. The van der Waals surface area contributed by atoms with E-state index in [9.17, 15) is 18.4 Å². The van der Waals surface area contributed by atoms with E-state index < -0.39 is 6.43 Å². The average molecular weight is 419 g/mol. The summed E-state index contributed by atoms with van der Waals surface area (Å²) in [4.78, 5) is 32.3. The summed E-state index contributed by atoms with van der Waals surface area (Å²) < 4.78 is 26.4. The van der Waals surface area contributed by atoms with Crippen molar-refractivity contribution >= 4 is 34.2 Å². The van der Waals surface area contributed by atoms with Gasteiger partial charge < -0.3 is 16.0 Å². The van der Waals surface area contributed by atoms with Gasteiger partial charge in [-0.15, -0.1) is 0 Å². The van der Waals surface area contributed by atoms with Gasteiger partial charge in [-0.1, -0.05) is 6.42 Å². The van der Waals surface area contributed by atoms with Crippen LogP contribution >= 0.6 is 0 Å². The first-order valence-corrected chi connectivity index (χ1v) is 10.2. The summed E-state index contributed by atoms with van der Waals surface area (Å²) in [5, 5.41) is 9.92. The van der Waals surface area contributed by atoms with Crippen molar-refractivity contribution in [3.8, 4) is 0 Å². The molecule has 2 amide bonds. The number of anilines is 2. The van der Waals surface area contributed by atoms with Crippen LogP contribution in [0.2, 0.25) is 0 Å². The Hall–Kier alpha value is -2.84. The van der Waals surface area contributed by atoms with Crippen molar-refractivity contribution in [3.63, 3.8) is 0 Å². The number of amides is 2. The van der Waals surface area contributed by atoms with E-state index in [-0.39, 0.29) is 35.5 Å². The minimum atomic E-state index is -2.69. The maximum absolute atomic E-state index is 13.2. The third-order valence-corrected chi connectivity index (χ3v) is 5.09. The Labute approximate surface area is 174 Å². The standard InChI is InChI=1S/C21H27F2N5O2/c1-11(2)25-20-16-9-18(24-10-14(16)8-17(27-20)19(22)23)28-21(30)13-5-4-6-15(7-13)26-12(3)29/h8-11,13,15,19H,4-7H2,1-3H3,(H,25,27)(H,26,29)(H,24,28,30)/t13-,15+/m0/s1. The quantitative estimate of drug-likeness (QED) is 0.657. The molecule has 7 nitrogen and oxygen atoms in total. The first kappa shape index (κ1) is 21.9. The smallest absolute Gasteiger partial charge is 0.280 e. The first-order valence-electron chi connectivity index (χ1n) is 10.2. The van der Waals surface area contributed by atoms with Crippen molar-refractivity contribution in [2.75, 3.05) is 10.6 Å². The number of pyridine rings is 2. The lowest BCUT2D eigenvalue weighted by Crippen LogP contribution is -2.40. The topological polar surface area (TPSA) is 96.0 Å². The van der Waals surface area contributed by atoms with Crippen molar-refractivity contribution in [2.45, 2.75) is 65.0 Å². The molecule has 1 aliphatic rings. The second-order valence-electron chi connectivity index (χ2n) is 8.04. The predicted molar refractivity (Wildman–Crippen MR) is 111 cm³/mol. The molecule has 1 aliphatic carbocycles. The van der Waals surface area contributed by atoms with Crippen LogP contribution in [0.15, 0.2) is 18.3 Å². The Morgan fingerprint density at radius 1 is 1.20 bits per heavy atom. The monoisotopic (exact) mass is 419 g/mol. The number of hydrogen-bond donors (Lipinski definition) is 3. The highest BCUT2D eigenvalue weighted by atomic mass is 19.3. The highest BCUT2D eigenvalue weighted by molar-refractivity contribution is 5.97. The van der Waals surface area contributed by atoms with Crippen LogP contribution in [0.4, 0.5) is 20.4 Å². The molecule has 2 heterocycles. The predicted octanol–water partition coefficient (Wildman–Crippen LogP) is 4.02. The molecule has 0 aliphatic heterocycles. The number of halogens is 2. The molecule has 3 N–H and O–H groups in total. The summed E-state index contributed by atoms with van der Waals surface area (Å²) in [6.45, 7) is 5.25. The van der Waals surface area contributed by atoms with E-state index in [0.717, 1.165) is 19.3 Å². The number of carbonyl (C=O) groups excluding carboxylic acids is 2. The normalized spacial score (nSPS) is 19.2. The Morgan fingerprint density at radius 2 is 1.97 bits per heavy atom. The highest BCUT2D eigenvalue weighted by Gasteiger charge is 2.28. The van der Waals surface area contributed by atoms with Crippen LogP contribution in [0, 0.1) is 5.92 Å². The van der Waals surface area contributed by atoms with Gasteiger partial charge in [-0.3, -0.25) is 9.59 Å². The lowest BCUT2D eigenvalue weighted by molar-refractivity contribution is -0.123. The number of rotatable bonds is 6. The van der Waals surface area contributed by atoms with Gasteiger partial charge in [0.25, 0.3) is 6.43 Å². The van der Waals surface area contributed by atoms with E-state index in [0.29, 0.717) is 28.8 Å². The van der Waals surface area contributed by atoms with Crippen molar-refractivity contribution in [3.05, 3.63) is 24.0 Å². The second-order valence-corrected chi connectivity index (χ2v) is 8.04. The number of hydrogen-bond acceptors (Lipinski definition) is 5. The lowest BCUT2D eigenvalue weighted by atomic mass is 9.85.